The van der Waals surface area contributed by atoms with Crippen LogP contribution in [0.4, 0.5) is 0 Å². The molecule has 0 spiro atoms. The van der Waals surface area contributed by atoms with E-state index >= 15 is 0 Å². The molecule has 1 N–H and O–H groups in total. The summed E-state index contributed by atoms with van der Waals surface area (Å²) < 4.78 is 25.6. The van der Waals surface area contributed by atoms with E-state index in [0.717, 1.165) is 30.0 Å². The van der Waals surface area contributed by atoms with Gasteiger partial charge in [-0.15, -0.1) is 0 Å². The molecule has 1 saturated carbocycles. The van der Waals surface area contributed by atoms with Gasteiger partial charge in [0.25, 0.3) is 0 Å². The van der Waals surface area contributed by atoms with Crippen molar-refractivity contribution in [3.63, 3.8) is 0 Å². The minimum Gasteiger partial charge on any atom is -0.352 e. The predicted octanol–water partition coefficient (Wildman–Crippen LogP) is 1.15. The number of nitrogens with one attached hydrogen (secondary N) is 1. The molecule has 0 unspecified atom stereocenters. The molecule has 116 valence electrons. The molecule has 1 fully saturated rings. The van der Waals surface area contributed by atoms with Gasteiger partial charge in [0.05, 0.1) is 6.54 Å². The van der Waals surface area contributed by atoms with Crippen molar-refractivity contribution in [2.75, 3.05) is 13.6 Å². The van der Waals surface area contributed by atoms with Gasteiger partial charge in [0.15, 0.2) is 0 Å². The molecular formula is C14H21N3O3S. The quantitative estimate of drug-likeness (QED) is 0.884. The number of carbonyl (C=O) groups is 1. The molecule has 1 aromatic heterocycles. The normalized spacial score (nSPS) is 16.9. The third kappa shape index (κ3) is 4.25. The highest BCUT2D eigenvalue weighted by Gasteiger charge is 2.24. The Balaban J connectivity index is 1.94. The Hall–Kier alpha value is -1.47. The molecule has 0 atom stereocenters. The Morgan fingerprint density at radius 3 is 2.71 bits per heavy atom. The van der Waals surface area contributed by atoms with Crippen LogP contribution in [0.3, 0.4) is 0 Å². The van der Waals surface area contributed by atoms with Crippen molar-refractivity contribution in [2.45, 2.75) is 43.0 Å². The summed E-state index contributed by atoms with van der Waals surface area (Å²) in [6.45, 7) is -0.173. The summed E-state index contributed by atoms with van der Waals surface area (Å²) in [4.78, 5) is 15.9. The highest BCUT2D eigenvalue weighted by Crippen LogP contribution is 2.17. The molecule has 21 heavy (non-hydrogen) atoms. The highest BCUT2D eigenvalue weighted by molar-refractivity contribution is 7.89. The Bertz CT molecular complexity index is 568. The molecule has 7 heteroatoms. The fourth-order valence-corrected chi connectivity index (χ4v) is 3.58. The van der Waals surface area contributed by atoms with Crippen molar-refractivity contribution < 1.29 is 13.2 Å². The molecule has 1 aliphatic rings. The van der Waals surface area contributed by atoms with Gasteiger partial charge >= 0.3 is 0 Å². The van der Waals surface area contributed by atoms with Gasteiger partial charge in [-0.1, -0.05) is 19.3 Å². The number of sulfonamides is 1. The molecule has 0 saturated heterocycles. The lowest BCUT2D eigenvalue weighted by Crippen LogP contribution is -2.43. The predicted molar refractivity (Wildman–Crippen MR) is 79.1 cm³/mol. The smallest absolute Gasteiger partial charge is 0.244 e. The maximum absolute atomic E-state index is 12.3. The van der Waals surface area contributed by atoms with E-state index in [-0.39, 0.29) is 23.4 Å². The molecule has 0 bridgehead atoms. The zero-order valence-electron chi connectivity index (χ0n) is 12.2. The van der Waals surface area contributed by atoms with Gasteiger partial charge in [-0.3, -0.25) is 9.78 Å². The van der Waals surface area contributed by atoms with Crippen molar-refractivity contribution in [2.24, 2.45) is 0 Å². The third-order valence-electron chi connectivity index (χ3n) is 3.68. The first-order valence-electron chi connectivity index (χ1n) is 7.16. The van der Waals surface area contributed by atoms with Gasteiger partial charge in [-0.2, -0.15) is 4.31 Å². The second-order valence-corrected chi connectivity index (χ2v) is 7.40. The number of carbonyl (C=O) groups excluding carboxylic acids is 1. The van der Waals surface area contributed by atoms with E-state index in [1.165, 1.54) is 31.9 Å². The first-order chi connectivity index (χ1) is 10.00. The second-order valence-electron chi connectivity index (χ2n) is 5.35. The molecule has 1 aliphatic carbocycles. The first kappa shape index (κ1) is 15.9. The average molecular weight is 311 g/mol. The molecule has 1 heterocycles. The number of pyridine rings is 1. The van der Waals surface area contributed by atoms with Gasteiger partial charge < -0.3 is 5.32 Å². The number of amides is 1. The SMILES string of the molecule is CN(CC(=O)NC1CCCCC1)S(=O)(=O)c1cccnc1. The maximum atomic E-state index is 12.3. The Morgan fingerprint density at radius 1 is 1.38 bits per heavy atom. The largest absolute Gasteiger partial charge is 0.352 e. The number of nitrogens with zero attached hydrogens (tertiary/aromatic N) is 2. The fourth-order valence-electron chi connectivity index (χ4n) is 2.49. The van der Waals surface area contributed by atoms with Crippen LogP contribution in [0, 0.1) is 0 Å². The summed E-state index contributed by atoms with van der Waals surface area (Å²) in [5.74, 6) is -0.253. The van der Waals surface area contributed by atoms with Crippen molar-refractivity contribution >= 4 is 15.9 Å². The Labute approximate surface area is 125 Å². The summed E-state index contributed by atoms with van der Waals surface area (Å²) in [6, 6.07) is 3.21. The van der Waals surface area contributed by atoms with Gasteiger partial charge in [0, 0.05) is 25.5 Å². The molecular weight excluding hydrogens is 290 g/mol. The van der Waals surface area contributed by atoms with E-state index < -0.39 is 10.0 Å². The first-order valence-corrected chi connectivity index (χ1v) is 8.60. The molecule has 0 aromatic carbocycles. The minimum absolute atomic E-state index is 0.0953. The van der Waals surface area contributed by atoms with Crippen molar-refractivity contribution in [3.8, 4) is 0 Å². The molecule has 0 radical (unpaired) electrons. The average Bonchev–Trinajstić information content (AvgIpc) is 2.49. The fraction of sp³-hybridized carbons (Fsp3) is 0.571. The van der Waals surface area contributed by atoms with Gasteiger partial charge in [0.1, 0.15) is 4.90 Å². The van der Waals surface area contributed by atoms with Crippen LogP contribution in [-0.2, 0) is 14.8 Å². The van der Waals surface area contributed by atoms with E-state index in [2.05, 4.69) is 10.3 Å². The summed E-state index contributed by atoms with van der Waals surface area (Å²) in [7, 11) is -2.26. The number of rotatable bonds is 5. The Kier molecular flexibility index (Phi) is 5.30. The number of likely N-dealkylation sites (N-methyl/N-ethyl adjacent to an activating group) is 1. The van der Waals surface area contributed by atoms with Crippen LogP contribution in [0.2, 0.25) is 0 Å². The van der Waals surface area contributed by atoms with E-state index in [1.807, 2.05) is 0 Å². The third-order valence-corrected chi connectivity index (χ3v) is 5.47. The number of aromatic nitrogens is 1. The minimum atomic E-state index is -3.66. The lowest BCUT2D eigenvalue weighted by atomic mass is 9.95. The van der Waals surface area contributed by atoms with Crippen LogP contribution in [0.1, 0.15) is 32.1 Å². The zero-order chi connectivity index (χ0) is 15.3. The van der Waals surface area contributed by atoms with Crippen molar-refractivity contribution in [1.82, 2.24) is 14.6 Å². The molecule has 6 nitrogen and oxygen atoms in total. The highest BCUT2D eigenvalue weighted by atomic mass is 32.2. The summed E-state index contributed by atoms with van der Waals surface area (Å²) >= 11 is 0. The standard InChI is InChI=1S/C14H21N3O3S/c1-17(21(19,20)13-8-5-9-15-10-13)11-14(18)16-12-6-3-2-4-7-12/h5,8-10,12H,2-4,6-7,11H2,1H3,(H,16,18). The number of hydrogen-bond donors (Lipinski definition) is 1. The van der Waals surface area contributed by atoms with Crippen LogP contribution >= 0.6 is 0 Å². The molecule has 1 aromatic rings. The molecule has 2 rings (SSSR count). The monoisotopic (exact) mass is 311 g/mol. The number of hydrogen-bond acceptors (Lipinski definition) is 4. The second kappa shape index (κ2) is 7.00. The van der Waals surface area contributed by atoms with E-state index in [1.54, 1.807) is 6.07 Å². The molecule has 1 amide bonds. The van der Waals surface area contributed by atoms with Gasteiger partial charge in [-0.25, -0.2) is 8.42 Å². The van der Waals surface area contributed by atoms with Crippen LogP contribution in [0.15, 0.2) is 29.4 Å². The van der Waals surface area contributed by atoms with Crippen LogP contribution in [0.25, 0.3) is 0 Å². The summed E-state index contributed by atoms with van der Waals surface area (Å²) in [5, 5.41) is 2.91. The van der Waals surface area contributed by atoms with E-state index in [9.17, 15) is 13.2 Å². The topological polar surface area (TPSA) is 79.4 Å². The van der Waals surface area contributed by atoms with E-state index in [0.29, 0.717) is 0 Å². The van der Waals surface area contributed by atoms with Crippen LogP contribution in [0.5, 0.6) is 0 Å². The van der Waals surface area contributed by atoms with Crippen LogP contribution < -0.4 is 5.32 Å². The van der Waals surface area contributed by atoms with Crippen LogP contribution in [-0.4, -0.2) is 43.2 Å². The lowest BCUT2D eigenvalue weighted by Gasteiger charge is -2.24. The molecule has 0 aliphatic heterocycles. The summed E-state index contributed by atoms with van der Waals surface area (Å²) in [6.07, 6.45) is 8.19. The van der Waals surface area contributed by atoms with Crippen molar-refractivity contribution in [1.29, 1.82) is 0 Å². The van der Waals surface area contributed by atoms with Gasteiger partial charge in [-0.05, 0) is 25.0 Å². The zero-order valence-corrected chi connectivity index (χ0v) is 13.0. The summed E-state index contributed by atoms with van der Waals surface area (Å²) in [5.41, 5.74) is 0. The van der Waals surface area contributed by atoms with E-state index in [4.69, 9.17) is 0 Å². The maximum Gasteiger partial charge on any atom is 0.244 e. The lowest BCUT2D eigenvalue weighted by molar-refractivity contribution is -0.122. The Morgan fingerprint density at radius 2 is 2.10 bits per heavy atom. The van der Waals surface area contributed by atoms with Gasteiger partial charge in [0.2, 0.25) is 15.9 Å². The van der Waals surface area contributed by atoms with Crippen molar-refractivity contribution in [3.05, 3.63) is 24.5 Å².